The van der Waals surface area contributed by atoms with Crippen LogP contribution in [0.1, 0.15) is 32.3 Å². The molecule has 0 radical (unpaired) electrons. The number of benzene rings is 2. The lowest BCUT2D eigenvalue weighted by molar-refractivity contribution is -0.115. The van der Waals surface area contributed by atoms with Crippen LogP contribution < -0.4 is 5.32 Å². The number of hydrogen-bond acceptors (Lipinski definition) is 2. The SMILES string of the molecule is CC(C)c1ccccc1NC(=O)[C@@H](C)Sc1ccccc1. The Morgan fingerprint density at radius 2 is 1.57 bits per heavy atom. The van der Waals surface area contributed by atoms with Gasteiger partial charge >= 0.3 is 0 Å². The lowest BCUT2D eigenvalue weighted by Gasteiger charge is -2.16. The molecule has 0 bridgehead atoms. The third-order valence-corrected chi connectivity index (χ3v) is 4.38. The van der Waals surface area contributed by atoms with E-state index in [1.165, 1.54) is 5.56 Å². The Kier molecular flexibility index (Phi) is 5.45. The summed E-state index contributed by atoms with van der Waals surface area (Å²) in [5.74, 6) is 0.426. The van der Waals surface area contributed by atoms with Crippen molar-refractivity contribution in [2.24, 2.45) is 0 Å². The number of amides is 1. The molecule has 0 saturated carbocycles. The van der Waals surface area contributed by atoms with Crippen LogP contribution in [0.4, 0.5) is 5.69 Å². The van der Waals surface area contributed by atoms with E-state index in [9.17, 15) is 4.79 Å². The van der Waals surface area contributed by atoms with Gasteiger partial charge in [0.05, 0.1) is 5.25 Å². The molecule has 2 aromatic rings. The molecule has 0 aliphatic rings. The van der Waals surface area contributed by atoms with Gasteiger partial charge in [0, 0.05) is 10.6 Å². The van der Waals surface area contributed by atoms with Crippen LogP contribution in [0.3, 0.4) is 0 Å². The van der Waals surface area contributed by atoms with Crippen LogP contribution >= 0.6 is 11.8 Å². The fraction of sp³-hybridized carbons (Fsp3) is 0.278. The van der Waals surface area contributed by atoms with Crippen LogP contribution in [0.15, 0.2) is 59.5 Å². The first-order valence-electron chi connectivity index (χ1n) is 7.19. The normalized spacial score (nSPS) is 12.2. The molecule has 0 heterocycles. The predicted molar refractivity (Wildman–Crippen MR) is 90.9 cm³/mol. The number of rotatable bonds is 5. The molecule has 2 rings (SSSR count). The Hall–Kier alpha value is -1.74. The zero-order valence-electron chi connectivity index (χ0n) is 12.7. The van der Waals surface area contributed by atoms with Crippen molar-refractivity contribution in [3.63, 3.8) is 0 Å². The first-order chi connectivity index (χ1) is 10.1. The number of carbonyl (C=O) groups excluding carboxylic acids is 1. The van der Waals surface area contributed by atoms with Gasteiger partial charge in [-0.15, -0.1) is 11.8 Å². The molecule has 0 unspecified atom stereocenters. The first-order valence-corrected chi connectivity index (χ1v) is 8.07. The van der Waals surface area contributed by atoms with Gasteiger partial charge in [-0.2, -0.15) is 0 Å². The van der Waals surface area contributed by atoms with E-state index in [-0.39, 0.29) is 11.2 Å². The van der Waals surface area contributed by atoms with Crippen molar-refractivity contribution in [2.75, 3.05) is 5.32 Å². The standard InChI is InChI=1S/C18H21NOS/c1-13(2)16-11-7-8-12-17(16)19-18(20)14(3)21-15-9-5-4-6-10-15/h4-14H,1-3H3,(H,19,20)/t14-/m1/s1. The van der Waals surface area contributed by atoms with E-state index in [4.69, 9.17) is 0 Å². The van der Waals surface area contributed by atoms with Gasteiger partial charge in [-0.25, -0.2) is 0 Å². The maximum absolute atomic E-state index is 12.4. The highest BCUT2D eigenvalue weighted by Gasteiger charge is 2.16. The summed E-state index contributed by atoms with van der Waals surface area (Å²) in [5, 5.41) is 2.92. The number of hydrogen-bond donors (Lipinski definition) is 1. The average Bonchev–Trinajstić information content (AvgIpc) is 2.48. The zero-order chi connectivity index (χ0) is 15.2. The van der Waals surface area contributed by atoms with E-state index < -0.39 is 0 Å². The quantitative estimate of drug-likeness (QED) is 0.793. The molecule has 2 aromatic carbocycles. The molecule has 1 amide bonds. The molecule has 2 nitrogen and oxygen atoms in total. The summed E-state index contributed by atoms with van der Waals surface area (Å²) in [4.78, 5) is 13.5. The van der Waals surface area contributed by atoms with Crippen LogP contribution in [0.25, 0.3) is 0 Å². The Morgan fingerprint density at radius 3 is 2.24 bits per heavy atom. The van der Waals surface area contributed by atoms with Crippen LogP contribution in [-0.2, 0) is 4.79 Å². The number of thioether (sulfide) groups is 1. The fourth-order valence-corrected chi connectivity index (χ4v) is 2.99. The highest BCUT2D eigenvalue weighted by Crippen LogP contribution is 2.27. The number of nitrogens with one attached hydrogen (secondary N) is 1. The minimum atomic E-state index is -0.132. The third-order valence-electron chi connectivity index (χ3n) is 3.27. The van der Waals surface area contributed by atoms with Crippen molar-refractivity contribution in [2.45, 2.75) is 36.8 Å². The van der Waals surface area contributed by atoms with Crippen molar-refractivity contribution >= 4 is 23.4 Å². The molecule has 21 heavy (non-hydrogen) atoms. The van der Waals surface area contributed by atoms with E-state index in [2.05, 4.69) is 25.2 Å². The summed E-state index contributed by atoms with van der Waals surface area (Å²) in [6, 6.07) is 18.0. The van der Waals surface area contributed by atoms with E-state index in [1.54, 1.807) is 11.8 Å². The number of anilines is 1. The maximum atomic E-state index is 12.4. The first kappa shape index (κ1) is 15.6. The molecule has 3 heteroatoms. The summed E-state index contributed by atoms with van der Waals surface area (Å²) in [7, 11) is 0. The summed E-state index contributed by atoms with van der Waals surface area (Å²) in [6.07, 6.45) is 0. The minimum absolute atomic E-state index is 0.0388. The van der Waals surface area contributed by atoms with Gasteiger partial charge in [-0.3, -0.25) is 4.79 Å². The summed E-state index contributed by atoms with van der Waals surface area (Å²) in [6.45, 7) is 6.20. The smallest absolute Gasteiger partial charge is 0.237 e. The van der Waals surface area contributed by atoms with E-state index in [1.807, 2.05) is 55.5 Å². The molecule has 0 aliphatic heterocycles. The highest BCUT2D eigenvalue weighted by molar-refractivity contribution is 8.00. The van der Waals surface area contributed by atoms with Crippen molar-refractivity contribution in [3.8, 4) is 0 Å². The molecule has 0 saturated heterocycles. The molecule has 1 atom stereocenters. The second-order valence-corrected chi connectivity index (χ2v) is 6.72. The molecule has 0 fully saturated rings. The summed E-state index contributed by atoms with van der Waals surface area (Å²) < 4.78 is 0. The topological polar surface area (TPSA) is 29.1 Å². The Morgan fingerprint density at radius 1 is 0.952 bits per heavy atom. The van der Waals surface area contributed by atoms with E-state index in [0.717, 1.165) is 10.6 Å². The summed E-state index contributed by atoms with van der Waals surface area (Å²) >= 11 is 1.57. The van der Waals surface area contributed by atoms with E-state index >= 15 is 0 Å². The Bertz CT molecular complexity index is 595. The van der Waals surface area contributed by atoms with Gasteiger partial charge in [0.1, 0.15) is 0 Å². The van der Waals surface area contributed by atoms with Crippen LogP contribution in [0.5, 0.6) is 0 Å². The second kappa shape index (κ2) is 7.32. The fourth-order valence-electron chi connectivity index (χ4n) is 2.11. The minimum Gasteiger partial charge on any atom is -0.325 e. The largest absolute Gasteiger partial charge is 0.325 e. The lowest BCUT2D eigenvalue weighted by Crippen LogP contribution is -2.23. The van der Waals surface area contributed by atoms with Gasteiger partial charge in [0.15, 0.2) is 0 Å². The van der Waals surface area contributed by atoms with Crippen molar-refractivity contribution in [1.82, 2.24) is 0 Å². The molecule has 110 valence electrons. The van der Waals surface area contributed by atoms with Crippen molar-refractivity contribution in [3.05, 3.63) is 60.2 Å². The predicted octanol–water partition coefficient (Wildman–Crippen LogP) is 4.93. The Balaban J connectivity index is 2.04. The van der Waals surface area contributed by atoms with Crippen LogP contribution in [0.2, 0.25) is 0 Å². The molecule has 0 aliphatic carbocycles. The molecular weight excluding hydrogens is 278 g/mol. The number of carbonyl (C=O) groups is 1. The van der Waals surface area contributed by atoms with E-state index in [0.29, 0.717) is 5.92 Å². The van der Waals surface area contributed by atoms with Crippen LogP contribution in [-0.4, -0.2) is 11.2 Å². The summed E-state index contributed by atoms with van der Waals surface area (Å²) in [5.41, 5.74) is 2.08. The average molecular weight is 299 g/mol. The number of para-hydroxylation sites is 1. The van der Waals surface area contributed by atoms with Crippen molar-refractivity contribution in [1.29, 1.82) is 0 Å². The maximum Gasteiger partial charge on any atom is 0.237 e. The van der Waals surface area contributed by atoms with Gasteiger partial charge in [0.25, 0.3) is 0 Å². The monoisotopic (exact) mass is 299 g/mol. The zero-order valence-corrected chi connectivity index (χ0v) is 13.5. The second-order valence-electron chi connectivity index (χ2n) is 5.30. The van der Waals surface area contributed by atoms with Gasteiger partial charge in [0.2, 0.25) is 5.91 Å². The highest BCUT2D eigenvalue weighted by atomic mass is 32.2. The lowest BCUT2D eigenvalue weighted by atomic mass is 10.0. The van der Waals surface area contributed by atoms with Gasteiger partial charge < -0.3 is 5.32 Å². The third kappa shape index (κ3) is 4.36. The molecule has 0 aromatic heterocycles. The molecule has 0 spiro atoms. The molecule has 1 N–H and O–H groups in total. The van der Waals surface area contributed by atoms with Crippen molar-refractivity contribution < 1.29 is 4.79 Å². The van der Waals surface area contributed by atoms with Crippen LogP contribution in [0, 0.1) is 0 Å². The van der Waals surface area contributed by atoms with Gasteiger partial charge in [-0.1, -0.05) is 50.2 Å². The van der Waals surface area contributed by atoms with Gasteiger partial charge in [-0.05, 0) is 36.6 Å². The Labute approximate surface area is 131 Å². The molecular formula is C18H21NOS.